The molecule has 0 aliphatic heterocycles. The predicted octanol–water partition coefficient (Wildman–Crippen LogP) is 5.77. The van der Waals surface area contributed by atoms with Gasteiger partial charge in [0, 0.05) is 24.2 Å². The molecule has 1 amide bonds. The van der Waals surface area contributed by atoms with E-state index in [1.54, 1.807) is 6.92 Å². The molecule has 3 N–H and O–H groups in total. The molecule has 0 aromatic heterocycles. The highest BCUT2D eigenvalue weighted by atomic mass is 35.5. The summed E-state index contributed by atoms with van der Waals surface area (Å²) in [4.78, 5) is 21.2. The van der Waals surface area contributed by atoms with Gasteiger partial charge in [0.25, 0.3) is 0 Å². The summed E-state index contributed by atoms with van der Waals surface area (Å²) in [5, 5.41) is 2.89. The summed E-state index contributed by atoms with van der Waals surface area (Å²) in [5.74, 6) is -0.717. The molecule has 0 saturated carbocycles. The third kappa shape index (κ3) is 30.8. The highest BCUT2D eigenvalue weighted by Gasteiger charge is 2.00. The third-order valence-electron chi connectivity index (χ3n) is 4.57. The van der Waals surface area contributed by atoms with Gasteiger partial charge in [-0.15, -0.1) is 23.2 Å². The number of nitrogens with two attached hydrogens (primary N) is 1. The lowest BCUT2D eigenvalue weighted by Gasteiger charge is -2.07. The van der Waals surface area contributed by atoms with Crippen molar-refractivity contribution in [2.75, 3.05) is 58.1 Å². The van der Waals surface area contributed by atoms with Gasteiger partial charge in [-0.1, -0.05) is 73.8 Å². The molecule has 0 spiro atoms. The first kappa shape index (κ1) is 42.7. The summed E-state index contributed by atoms with van der Waals surface area (Å²) in [7, 11) is 0. The predicted molar refractivity (Wildman–Crippen MR) is 174 cm³/mol. The number of alkyl halides is 2. The summed E-state index contributed by atoms with van der Waals surface area (Å²) in [5.41, 5.74) is 8.41. The first-order valence-electron chi connectivity index (χ1n) is 13.4. The number of benzene rings is 2. The van der Waals surface area contributed by atoms with Crippen molar-refractivity contribution in [3.63, 3.8) is 0 Å². The molecule has 43 heavy (non-hydrogen) atoms. The van der Waals surface area contributed by atoms with Crippen LogP contribution in [0.1, 0.15) is 25.0 Å². The smallest absolute Gasteiger partial charge is 0.351 e. The van der Waals surface area contributed by atoms with E-state index in [0.29, 0.717) is 77.1 Å². The van der Waals surface area contributed by atoms with Gasteiger partial charge >= 0.3 is 5.97 Å². The maximum Gasteiger partial charge on any atom is 0.351 e. The average molecular weight is 664 g/mol. The van der Waals surface area contributed by atoms with Crippen LogP contribution in [0.3, 0.4) is 0 Å². The largest absolute Gasteiger partial charge is 0.378 e. The molecule has 0 radical (unpaired) electrons. The minimum absolute atomic E-state index is 0.135. The third-order valence-corrected chi connectivity index (χ3v) is 4.71. The highest BCUT2D eigenvalue weighted by molar-refractivity contribution is 6.40. The van der Waals surface area contributed by atoms with Crippen molar-refractivity contribution < 1.29 is 32.8 Å². The van der Waals surface area contributed by atoms with Crippen LogP contribution in [-0.2, 0) is 46.0 Å². The van der Waals surface area contributed by atoms with Crippen LogP contribution < -0.4 is 11.1 Å². The standard InChI is InChI=1S/C15H21NO3.C11H17NO2.C4H5ClO2.CH2Cl2/c1-13(2)15(17)16-8-9-18-10-11-19-12-14-6-4-3-5-7-14;12-6-7-13-8-9-14-10-11-4-2-1-3-5-11;1-3(2)4(6)7-5;2-1-3/h3-7H,1,8-12H2,2H3,(H,16,17);1-5H,6-10,12H2;1H2,2H3;1H2. The first-order valence-corrected chi connectivity index (χ1v) is 14.7. The Bertz CT molecular complexity index is 968. The molecule has 0 bridgehead atoms. The Morgan fingerprint density at radius 1 is 0.721 bits per heavy atom. The molecular weight excluding hydrogens is 619 g/mol. The zero-order valence-electron chi connectivity index (χ0n) is 25.0. The number of amides is 1. The first-order chi connectivity index (χ1) is 20.7. The molecule has 2 aromatic rings. The SMILES string of the molecule is C=C(C)C(=O)NCCOCCOCc1ccccc1.C=C(C)C(=O)OCl.ClCCl.NCCOCCOCc1ccccc1. The summed E-state index contributed by atoms with van der Waals surface area (Å²) in [6, 6.07) is 20.1. The molecule has 0 saturated heterocycles. The topological polar surface area (TPSA) is 118 Å². The van der Waals surface area contributed by atoms with Gasteiger partial charge in [0.15, 0.2) is 0 Å². The van der Waals surface area contributed by atoms with Crippen LogP contribution in [0.25, 0.3) is 0 Å². The van der Waals surface area contributed by atoms with E-state index in [2.05, 4.69) is 34.6 Å². The van der Waals surface area contributed by atoms with Gasteiger partial charge in [-0.3, -0.25) is 4.79 Å². The zero-order valence-corrected chi connectivity index (χ0v) is 27.3. The maximum atomic E-state index is 11.1. The van der Waals surface area contributed by atoms with Gasteiger partial charge < -0.3 is 34.3 Å². The lowest BCUT2D eigenvalue weighted by atomic mass is 10.2. The van der Waals surface area contributed by atoms with Crippen molar-refractivity contribution in [1.29, 1.82) is 0 Å². The Hall–Kier alpha value is -2.47. The van der Waals surface area contributed by atoms with Gasteiger partial charge in [0.05, 0.1) is 58.2 Å². The summed E-state index contributed by atoms with van der Waals surface area (Å²) in [6.07, 6.45) is 0. The second-order valence-electron chi connectivity index (χ2n) is 8.37. The molecule has 242 valence electrons. The van der Waals surface area contributed by atoms with Crippen molar-refractivity contribution in [2.24, 2.45) is 5.73 Å². The average Bonchev–Trinajstić information content (AvgIpc) is 3.01. The van der Waals surface area contributed by atoms with Crippen molar-refractivity contribution in [2.45, 2.75) is 27.1 Å². The van der Waals surface area contributed by atoms with E-state index in [1.807, 2.05) is 60.7 Å². The maximum absolute atomic E-state index is 11.1. The van der Waals surface area contributed by atoms with E-state index in [9.17, 15) is 9.59 Å². The van der Waals surface area contributed by atoms with Crippen LogP contribution in [0, 0.1) is 0 Å². The monoisotopic (exact) mass is 662 g/mol. The van der Waals surface area contributed by atoms with Crippen molar-refractivity contribution in [3.05, 3.63) is 96.1 Å². The Kier molecular flexibility index (Phi) is 32.2. The Labute approximate surface area is 271 Å². The highest BCUT2D eigenvalue weighted by Crippen LogP contribution is 2.01. The number of carbonyl (C=O) groups excluding carboxylic acids is 2. The Morgan fingerprint density at radius 2 is 1.14 bits per heavy atom. The molecule has 12 heteroatoms. The fourth-order valence-corrected chi connectivity index (χ4v) is 2.64. The fraction of sp³-hybridized carbons (Fsp3) is 0.419. The van der Waals surface area contributed by atoms with Crippen LogP contribution in [0.15, 0.2) is 85.0 Å². The number of rotatable bonds is 17. The fourth-order valence-electron chi connectivity index (χ4n) is 2.51. The number of nitrogens with one attached hydrogen (secondary N) is 1. The minimum atomic E-state index is -0.582. The van der Waals surface area contributed by atoms with E-state index in [4.69, 9.17) is 47.9 Å². The van der Waals surface area contributed by atoms with Crippen molar-refractivity contribution >= 4 is 46.9 Å². The number of halogens is 3. The molecule has 0 unspecified atom stereocenters. The van der Waals surface area contributed by atoms with E-state index >= 15 is 0 Å². The normalized spacial score (nSPS) is 9.53. The molecule has 0 aliphatic carbocycles. The van der Waals surface area contributed by atoms with Crippen molar-refractivity contribution in [3.8, 4) is 0 Å². The molecule has 2 rings (SSSR count). The molecule has 0 heterocycles. The molecule has 0 atom stereocenters. The van der Waals surface area contributed by atoms with E-state index in [-0.39, 0.29) is 11.2 Å². The number of carbonyl (C=O) groups is 2. The number of ether oxygens (including phenoxy) is 4. The molecule has 2 aromatic carbocycles. The lowest BCUT2D eigenvalue weighted by molar-refractivity contribution is -0.129. The Morgan fingerprint density at radius 3 is 1.49 bits per heavy atom. The van der Waals surface area contributed by atoms with Gasteiger partial charge in [-0.25, -0.2) is 4.79 Å². The van der Waals surface area contributed by atoms with Crippen molar-refractivity contribution in [1.82, 2.24) is 5.32 Å². The van der Waals surface area contributed by atoms with Crippen LogP contribution in [-0.4, -0.2) is 69.9 Å². The second kappa shape index (κ2) is 32.4. The van der Waals surface area contributed by atoms with Crippen LogP contribution >= 0.6 is 35.1 Å². The van der Waals surface area contributed by atoms with E-state index in [0.717, 1.165) is 5.56 Å². The van der Waals surface area contributed by atoms with Crippen LogP contribution in [0.4, 0.5) is 0 Å². The van der Waals surface area contributed by atoms with Gasteiger partial charge in [-0.2, -0.15) is 0 Å². The van der Waals surface area contributed by atoms with Crippen LogP contribution in [0.5, 0.6) is 0 Å². The summed E-state index contributed by atoms with van der Waals surface area (Å²) < 4.78 is 25.1. The lowest BCUT2D eigenvalue weighted by Crippen LogP contribution is -2.27. The molecule has 0 fully saturated rings. The zero-order chi connectivity index (χ0) is 32.6. The minimum Gasteiger partial charge on any atom is -0.378 e. The second-order valence-corrected chi connectivity index (χ2v) is 9.33. The van der Waals surface area contributed by atoms with Crippen LogP contribution in [0.2, 0.25) is 0 Å². The molecule has 9 nitrogen and oxygen atoms in total. The van der Waals surface area contributed by atoms with Gasteiger partial charge in [-0.05, 0) is 25.0 Å². The molecular formula is C31H45Cl3N2O7. The Balaban J connectivity index is 0. The van der Waals surface area contributed by atoms with E-state index < -0.39 is 5.97 Å². The van der Waals surface area contributed by atoms with Gasteiger partial charge in [0.1, 0.15) is 11.9 Å². The van der Waals surface area contributed by atoms with E-state index in [1.165, 1.54) is 12.5 Å². The molecule has 0 aliphatic rings. The summed E-state index contributed by atoms with van der Waals surface area (Å²) >= 11 is 14.2. The summed E-state index contributed by atoms with van der Waals surface area (Å²) in [6.45, 7) is 15.7. The number of hydrogen-bond acceptors (Lipinski definition) is 8. The quantitative estimate of drug-likeness (QED) is 0.124. The van der Waals surface area contributed by atoms with Gasteiger partial charge in [0.2, 0.25) is 5.91 Å². The number of hydrogen-bond donors (Lipinski definition) is 2.